The minimum atomic E-state index is -0.366. The molecule has 0 spiro atoms. The molecule has 0 heterocycles. The Morgan fingerprint density at radius 1 is 0.645 bits per heavy atom. The maximum absolute atomic E-state index is 13.7. The summed E-state index contributed by atoms with van der Waals surface area (Å²) in [6.45, 7) is 25.7. The van der Waals surface area contributed by atoms with Crippen molar-refractivity contribution in [2.24, 2.45) is 0 Å². The van der Waals surface area contributed by atoms with Crippen molar-refractivity contribution in [2.75, 3.05) is 0 Å². The summed E-state index contributed by atoms with van der Waals surface area (Å²) < 4.78 is 7.61. The first-order chi connectivity index (χ1) is 13.8. The van der Waals surface area contributed by atoms with Gasteiger partial charge in [-0.3, -0.25) is 5.11 Å². The van der Waals surface area contributed by atoms with Crippen LogP contribution in [0.25, 0.3) is 0 Å². The van der Waals surface area contributed by atoms with E-state index in [2.05, 4.69) is 117 Å². The number of benzene rings is 2. The van der Waals surface area contributed by atoms with E-state index in [0.29, 0.717) is 5.75 Å². The Balaban J connectivity index is 2.92. The molecular weight excluding hydrogens is 448 g/mol. The van der Waals surface area contributed by atoms with Crippen LogP contribution in [0.15, 0.2) is 28.7 Å². The van der Waals surface area contributed by atoms with Crippen LogP contribution in [0.5, 0.6) is 17.2 Å². The van der Waals surface area contributed by atoms with Crippen molar-refractivity contribution < 1.29 is 9.84 Å². The van der Waals surface area contributed by atoms with Crippen LogP contribution in [0.1, 0.15) is 105 Å². The summed E-state index contributed by atoms with van der Waals surface area (Å²) in [5, 5.41) is 13.7. The predicted molar refractivity (Wildman–Crippen MR) is 136 cm³/mol. The van der Waals surface area contributed by atoms with Gasteiger partial charge in [0.1, 0.15) is 11.5 Å². The monoisotopic (exact) mass is 487 g/mol. The van der Waals surface area contributed by atoms with Crippen LogP contribution in [0.3, 0.4) is 0 Å². The predicted octanol–water partition coefficient (Wildman–Crippen LogP) is 9.58. The Morgan fingerprint density at radius 3 is 1.42 bits per heavy atom. The van der Waals surface area contributed by atoms with Gasteiger partial charge in [0, 0.05) is 22.3 Å². The van der Waals surface area contributed by atoms with Crippen molar-refractivity contribution in [3.8, 4) is 17.2 Å². The summed E-state index contributed by atoms with van der Waals surface area (Å²) in [6.07, 6.45) is 0. The van der Waals surface area contributed by atoms with E-state index in [1.54, 1.807) is 0 Å². The van der Waals surface area contributed by atoms with Gasteiger partial charge >= 0.3 is 0 Å². The number of hydrogen-bond donors (Lipinski definition) is 0. The highest BCUT2D eigenvalue weighted by Gasteiger charge is 2.34. The first-order valence-corrected chi connectivity index (χ1v) is 11.9. The molecule has 0 saturated carbocycles. The SMILES string of the molecule is CC(C)(C)c1cc(Br)c(Oc2c(C(C)(C)C)cccc2C(C)(C)C)c(C(C)(C)C)c1[O]. The van der Waals surface area contributed by atoms with Gasteiger partial charge in [-0.1, -0.05) is 101 Å². The molecule has 0 aromatic heterocycles. The average molecular weight is 489 g/mol. The zero-order valence-corrected chi connectivity index (χ0v) is 23.1. The summed E-state index contributed by atoms with van der Waals surface area (Å²) in [7, 11) is 0. The summed E-state index contributed by atoms with van der Waals surface area (Å²) >= 11 is 3.76. The third-order valence-electron chi connectivity index (χ3n) is 5.58. The molecule has 0 bridgehead atoms. The standard InChI is InChI=1S/C28H40BrO2/c1-25(2,3)17-14-13-15-18(26(4,5)6)23(17)31-24-20(29)16-19(27(7,8)9)22(30)21(24)28(10,11)12/h13-16H,1-12H3. The van der Waals surface area contributed by atoms with Crippen molar-refractivity contribution in [2.45, 2.75) is 105 Å². The largest absolute Gasteiger partial charge is 0.455 e. The summed E-state index contributed by atoms with van der Waals surface area (Å²) in [6, 6.07) is 8.33. The Bertz CT molecular complexity index is 927. The van der Waals surface area contributed by atoms with Crippen LogP contribution in [0, 0.1) is 0 Å². The van der Waals surface area contributed by atoms with Gasteiger partial charge in [0.05, 0.1) is 4.47 Å². The molecular formula is C28H40BrO2. The third kappa shape index (κ3) is 5.48. The first-order valence-electron chi connectivity index (χ1n) is 11.1. The number of ether oxygens (including phenoxy) is 1. The Kier molecular flexibility index (Phi) is 6.77. The normalized spacial score (nSPS) is 13.5. The average Bonchev–Trinajstić information content (AvgIpc) is 2.53. The number of para-hydroxylation sites is 1. The highest BCUT2D eigenvalue weighted by Crippen LogP contribution is 2.51. The fourth-order valence-electron chi connectivity index (χ4n) is 3.88. The lowest BCUT2D eigenvalue weighted by atomic mass is 9.78. The highest BCUT2D eigenvalue weighted by molar-refractivity contribution is 9.10. The topological polar surface area (TPSA) is 29.1 Å². The van der Waals surface area contributed by atoms with E-state index in [9.17, 15) is 5.11 Å². The zero-order chi connectivity index (χ0) is 24.2. The molecule has 31 heavy (non-hydrogen) atoms. The Morgan fingerprint density at radius 2 is 1.06 bits per heavy atom. The lowest BCUT2D eigenvalue weighted by Crippen LogP contribution is -2.21. The molecule has 0 unspecified atom stereocenters. The van der Waals surface area contributed by atoms with Gasteiger partial charge in [0.15, 0.2) is 5.75 Å². The number of hydrogen-bond acceptors (Lipinski definition) is 1. The molecule has 0 aliphatic carbocycles. The maximum atomic E-state index is 13.7. The Labute approximate surface area is 198 Å². The fraction of sp³-hybridized carbons (Fsp3) is 0.571. The van der Waals surface area contributed by atoms with Gasteiger partial charge in [0.25, 0.3) is 0 Å². The van der Waals surface area contributed by atoms with E-state index in [4.69, 9.17) is 4.74 Å². The van der Waals surface area contributed by atoms with Gasteiger partial charge < -0.3 is 4.74 Å². The van der Waals surface area contributed by atoms with Crippen LogP contribution in [-0.2, 0) is 26.8 Å². The molecule has 2 rings (SSSR count). The van der Waals surface area contributed by atoms with Crippen molar-refractivity contribution in [1.82, 2.24) is 0 Å². The fourth-order valence-corrected chi connectivity index (χ4v) is 4.39. The van der Waals surface area contributed by atoms with Gasteiger partial charge in [-0.15, -0.1) is 0 Å². The molecule has 0 aliphatic heterocycles. The molecule has 2 aromatic rings. The number of rotatable bonds is 2. The lowest BCUT2D eigenvalue weighted by molar-refractivity contribution is 0.319. The molecule has 0 amide bonds. The zero-order valence-electron chi connectivity index (χ0n) is 21.5. The number of halogens is 1. The third-order valence-corrected chi connectivity index (χ3v) is 6.17. The molecule has 1 radical (unpaired) electrons. The maximum Gasteiger partial charge on any atom is 0.189 e. The van der Waals surface area contributed by atoms with E-state index < -0.39 is 0 Å². The van der Waals surface area contributed by atoms with Crippen molar-refractivity contribution in [1.29, 1.82) is 0 Å². The molecule has 0 saturated heterocycles. The molecule has 0 aliphatic rings. The second kappa shape index (κ2) is 8.14. The second-order valence-electron chi connectivity index (χ2n) is 12.7. The molecule has 2 nitrogen and oxygen atoms in total. The Hall–Kier alpha value is -1.48. The van der Waals surface area contributed by atoms with Crippen LogP contribution in [0.2, 0.25) is 0 Å². The van der Waals surface area contributed by atoms with Crippen LogP contribution >= 0.6 is 15.9 Å². The minimum Gasteiger partial charge on any atom is -0.455 e. The molecule has 3 heteroatoms. The van der Waals surface area contributed by atoms with E-state index in [-0.39, 0.29) is 27.4 Å². The van der Waals surface area contributed by atoms with Gasteiger partial charge in [-0.25, -0.2) is 0 Å². The quantitative estimate of drug-likeness (QED) is 0.414. The molecule has 0 atom stereocenters. The molecule has 171 valence electrons. The van der Waals surface area contributed by atoms with Crippen LogP contribution in [0.4, 0.5) is 0 Å². The molecule has 0 fully saturated rings. The van der Waals surface area contributed by atoms with E-state index >= 15 is 0 Å². The van der Waals surface area contributed by atoms with E-state index in [1.165, 1.54) is 0 Å². The van der Waals surface area contributed by atoms with Crippen molar-refractivity contribution in [3.63, 3.8) is 0 Å². The first kappa shape index (κ1) is 25.8. The van der Waals surface area contributed by atoms with Gasteiger partial charge in [-0.2, -0.15) is 0 Å². The summed E-state index contributed by atoms with van der Waals surface area (Å²) in [5.41, 5.74) is 2.98. The molecule has 0 N–H and O–H groups in total. The summed E-state index contributed by atoms with van der Waals surface area (Å²) in [5.74, 6) is 1.56. The van der Waals surface area contributed by atoms with E-state index in [1.807, 2.05) is 6.07 Å². The minimum absolute atomic E-state index is 0.0729. The highest BCUT2D eigenvalue weighted by atomic mass is 79.9. The summed E-state index contributed by atoms with van der Waals surface area (Å²) in [4.78, 5) is 0. The molecule has 2 aromatic carbocycles. The van der Waals surface area contributed by atoms with Crippen molar-refractivity contribution in [3.05, 3.63) is 51.0 Å². The van der Waals surface area contributed by atoms with E-state index in [0.717, 1.165) is 32.5 Å². The van der Waals surface area contributed by atoms with Gasteiger partial charge in [0.2, 0.25) is 0 Å². The van der Waals surface area contributed by atoms with Crippen LogP contribution in [-0.4, -0.2) is 0 Å². The lowest BCUT2D eigenvalue weighted by Gasteiger charge is -2.32. The van der Waals surface area contributed by atoms with Crippen molar-refractivity contribution >= 4 is 15.9 Å². The smallest absolute Gasteiger partial charge is 0.189 e. The van der Waals surface area contributed by atoms with Crippen LogP contribution < -0.4 is 4.74 Å². The van der Waals surface area contributed by atoms with Gasteiger partial charge in [-0.05, 0) is 43.7 Å². The second-order valence-corrected chi connectivity index (χ2v) is 13.6.